The number of hydrogen-bond donors (Lipinski definition) is 2. The lowest BCUT2D eigenvalue weighted by atomic mass is 9.75. The van der Waals surface area contributed by atoms with Crippen molar-refractivity contribution in [2.45, 2.75) is 11.8 Å². The highest BCUT2D eigenvalue weighted by atomic mass is 16.5. The normalized spacial score (nSPS) is 20.8. The second kappa shape index (κ2) is 6.88. The molecule has 0 saturated heterocycles. The molecule has 3 aromatic carbocycles. The summed E-state index contributed by atoms with van der Waals surface area (Å²) in [5, 5.41) is 4.23. The van der Waals surface area contributed by atoms with Gasteiger partial charge >= 0.3 is 0 Å². The van der Waals surface area contributed by atoms with E-state index in [9.17, 15) is 4.79 Å². The number of fused-ring (bicyclic) bond motifs is 1. The van der Waals surface area contributed by atoms with Gasteiger partial charge < -0.3 is 15.0 Å². The van der Waals surface area contributed by atoms with E-state index in [1.807, 2.05) is 30.5 Å². The van der Waals surface area contributed by atoms with Crippen molar-refractivity contribution < 1.29 is 9.53 Å². The lowest BCUT2D eigenvalue weighted by Gasteiger charge is -2.25. The summed E-state index contributed by atoms with van der Waals surface area (Å²) in [5.41, 5.74) is 6.24. The van der Waals surface area contributed by atoms with E-state index in [0.29, 0.717) is 13.2 Å². The van der Waals surface area contributed by atoms with Gasteiger partial charge in [-0.15, -0.1) is 0 Å². The Hall–Kier alpha value is -3.79. The van der Waals surface area contributed by atoms with Gasteiger partial charge in [-0.2, -0.15) is 0 Å². The van der Waals surface area contributed by atoms with Crippen LogP contribution in [0.3, 0.4) is 0 Å². The Balaban J connectivity index is 1.67. The summed E-state index contributed by atoms with van der Waals surface area (Å²) in [5.74, 6) is 0.814. The Kier molecular flexibility index (Phi) is 4.00. The van der Waals surface area contributed by atoms with Gasteiger partial charge in [0.2, 0.25) is 5.91 Å². The summed E-state index contributed by atoms with van der Waals surface area (Å²) < 4.78 is 6.41. The minimum atomic E-state index is -0.507. The van der Waals surface area contributed by atoms with E-state index in [1.165, 1.54) is 10.9 Å². The van der Waals surface area contributed by atoms with Gasteiger partial charge in [-0.1, -0.05) is 66.7 Å². The van der Waals surface area contributed by atoms with Crippen molar-refractivity contribution >= 4 is 16.8 Å². The summed E-state index contributed by atoms with van der Waals surface area (Å²) in [6.45, 7) is 1.05. The van der Waals surface area contributed by atoms with Crippen LogP contribution in [-0.2, 0) is 16.6 Å². The number of amides is 1. The second-order valence-electron chi connectivity index (χ2n) is 8.22. The predicted octanol–water partition coefficient (Wildman–Crippen LogP) is 4.74. The molecule has 0 spiro atoms. The van der Waals surface area contributed by atoms with Crippen molar-refractivity contribution in [3.63, 3.8) is 0 Å². The summed E-state index contributed by atoms with van der Waals surface area (Å²) in [6, 6.07) is 23.0. The van der Waals surface area contributed by atoms with Crippen molar-refractivity contribution in [2.75, 3.05) is 13.2 Å². The van der Waals surface area contributed by atoms with Gasteiger partial charge in [0.15, 0.2) is 0 Å². The molecule has 0 aliphatic carbocycles. The molecule has 0 radical (unpaired) electrons. The molecule has 1 unspecified atom stereocenters. The summed E-state index contributed by atoms with van der Waals surface area (Å²) in [6.07, 6.45) is 6.48. The van der Waals surface area contributed by atoms with Gasteiger partial charge in [0, 0.05) is 40.8 Å². The Labute approximate surface area is 180 Å². The molecule has 1 atom stereocenters. The number of nitrogens with one attached hydrogen (secondary N) is 2. The zero-order valence-electron chi connectivity index (χ0n) is 17.0. The molecule has 4 nitrogen and oxygen atoms in total. The number of ether oxygens (including phenoxy) is 1. The minimum absolute atomic E-state index is 0.0841. The van der Waals surface area contributed by atoms with Crippen LogP contribution in [-0.4, -0.2) is 24.0 Å². The van der Waals surface area contributed by atoms with Crippen LogP contribution in [0.1, 0.15) is 16.7 Å². The molecule has 31 heavy (non-hydrogen) atoms. The number of carbonyl (C=O) groups excluding carboxylic acids is 1. The quantitative estimate of drug-likeness (QED) is 0.480. The topological polar surface area (TPSA) is 54.1 Å². The first-order valence-corrected chi connectivity index (χ1v) is 10.6. The summed E-state index contributed by atoms with van der Waals surface area (Å²) >= 11 is 0. The fourth-order valence-corrected chi connectivity index (χ4v) is 5.00. The van der Waals surface area contributed by atoms with Crippen LogP contribution in [0.4, 0.5) is 0 Å². The first-order valence-electron chi connectivity index (χ1n) is 10.6. The standard InChI is InChI=1S/C27H22N2O2/c30-24-12-14-27(19-6-2-1-3-7-19)17-31-26-21(9-4-10-22(26)27)20-8-5-11-23-25(20)18(16-29-23)13-15-28-24/h1-12,14,16,29H,13,15,17H2,(H,28,30)/b14-12-. The Morgan fingerprint density at radius 1 is 0.903 bits per heavy atom. The second-order valence-corrected chi connectivity index (χ2v) is 8.22. The predicted molar refractivity (Wildman–Crippen MR) is 122 cm³/mol. The van der Waals surface area contributed by atoms with Crippen molar-refractivity contribution in [1.82, 2.24) is 10.3 Å². The number of rotatable bonds is 1. The van der Waals surface area contributed by atoms with Crippen LogP contribution in [0.25, 0.3) is 22.0 Å². The SMILES string of the molecule is O=C1/C=C\C2(c3ccccc3)COc3c(cccc32)-c2cccc3[nH]cc(c23)CCN1. The van der Waals surface area contributed by atoms with Crippen LogP contribution >= 0.6 is 0 Å². The molecule has 4 heteroatoms. The van der Waals surface area contributed by atoms with Crippen LogP contribution in [0.15, 0.2) is 85.1 Å². The van der Waals surface area contributed by atoms with Gasteiger partial charge in [0.1, 0.15) is 12.4 Å². The number of aromatic amines is 1. The molecular formula is C27H22N2O2. The highest BCUT2D eigenvalue weighted by molar-refractivity contribution is 5.99. The fourth-order valence-electron chi connectivity index (χ4n) is 5.00. The first kappa shape index (κ1) is 18.0. The molecule has 6 rings (SSSR count). The smallest absolute Gasteiger partial charge is 0.243 e. The third-order valence-electron chi connectivity index (χ3n) is 6.52. The average molecular weight is 406 g/mol. The number of H-pyrrole nitrogens is 1. The van der Waals surface area contributed by atoms with E-state index in [-0.39, 0.29) is 5.91 Å². The van der Waals surface area contributed by atoms with Crippen LogP contribution in [0, 0.1) is 0 Å². The Morgan fingerprint density at radius 2 is 1.74 bits per heavy atom. The van der Waals surface area contributed by atoms with E-state index in [2.05, 4.69) is 58.8 Å². The molecule has 3 heterocycles. The third kappa shape index (κ3) is 2.72. The molecule has 2 aliphatic heterocycles. The molecule has 2 aliphatic rings. The van der Waals surface area contributed by atoms with Gasteiger partial charge in [-0.3, -0.25) is 4.79 Å². The summed E-state index contributed by atoms with van der Waals surface area (Å²) in [7, 11) is 0. The van der Waals surface area contributed by atoms with Crippen molar-refractivity contribution in [3.05, 3.63) is 102 Å². The number of benzene rings is 3. The molecular weight excluding hydrogens is 384 g/mol. The zero-order chi connectivity index (χ0) is 20.8. The number of hydrogen-bond acceptors (Lipinski definition) is 2. The number of para-hydroxylation sites is 1. The molecule has 1 aromatic heterocycles. The zero-order valence-corrected chi connectivity index (χ0v) is 17.0. The highest BCUT2D eigenvalue weighted by Gasteiger charge is 2.41. The molecule has 152 valence electrons. The fraction of sp³-hybridized carbons (Fsp3) is 0.148. The van der Waals surface area contributed by atoms with Crippen molar-refractivity contribution in [2.24, 2.45) is 0 Å². The highest BCUT2D eigenvalue weighted by Crippen LogP contribution is 2.50. The Morgan fingerprint density at radius 3 is 2.65 bits per heavy atom. The molecule has 4 aromatic rings. The molecule has 0 fully saturated rings. The Bertz CT molecular complexity index is 1340. The molecule has 0 saturated carbocycles. The molecule has 1 amide bonds. The van der Waals surface area contributed by atoms with E-state index in [4.69, 9.17) is 4.74 Å². The van der Waals surface area contributed by atoms with Gasteiger partial charge in [0.05, 0.1) is 5.41 Å². The maximum Gasteiger partial charge on any atom is 0.243 e. The summed E-state index contributed by atoms with van der Waals surface area (Å²) in [4.78, 5) is 16.0. The largest absolute Gasteiger partial charge is 0.491 e. The van der Waals surface area contributed by atoms with Crippen molar-refractivity contribution in [1.29, 1.82) is 0 Å². The van der Waals surface area contributed by atoms with E-state index in [0.717, 1.165) is 39.9 Å². The average Bonchev–Trinajstić information content (AvgIpc) is 3.40. The number of carbonyl (C=O) groups is 1. The van der Waals surface area contributed by atoms with Crippen LogP contribution < -0.4 is 10.1 Å². The van der Waals surface area contributed by atoms with Gasteiger partial charge in [-0.05, 0) is 29.2 Å². The number of aromatic nitrogens is 1. The maximum atomic E-state index is 12.6. The monoisotopic (exact) mass is 406 g/mol. The van der Waals surface area contributed by atoms with E-state index >= 15 is 0 Å². The maximum absolute atomic E-state index is 12.6. The van der Waals surface area contributed by atoms with E-state index < -0.39 is 5.41 Å². The lowest BCUT2D eigenvalue weighted by Crippen LogP contribution is -2.29. The third-order valence-corrected chi connectivity index (χ3v) is 6.52. The van der Waals surface area contributed by atoms with Gasteiger partial charge in [0.25, 0.3) is 0 Å². The van der Waals surface area contributed by atoms with E-state index in [1.54, 1.807) is 6.08 Å². The molecule has 4 bridgehead atoms. The van der Waals surface area contributed by atoms with Crippen LogP contribution in [0.2, 0.25) is 0 Å². The lowest BCUT2D eigenvalue weighted by molar-refractivity contribution is -0.116. The van der Waals surface area contributed by atoms with Crippen LogP contribution in [0.5, 0.6) is 5.75 Å². The van der Waals surface area contributed by atoms with Gasteiger partial charge in [-0.25, -0.2) is 0 Å². The van der Waals surface area contributed by atoms with Crippen molar-refractivity contribution in [3.8, 4) is 16.9 Å². The first-order chi connectivity index (χ1) is 15.3. The minimum Gasteiger partial charge on any atom is -0.491 e. The molecule has 2 N–H and O–H groups in total.